The fourth-order valence-corrected chi connectivity index (χ4v) is 6.26. The molecule has 0 spiro atoms. The largest absolute Gasteiger partial charge is 0.0616 e. The van der Waals surface area contributed by atoms with E-state index in [-0.39, 0.29) is 0 Å². The molecule has 0 N–H and O–H groups in total. The second-order valence-corrected chi connectivity index (χ2v) is 10.6. The molecule has 0 saturated heterocycles. The summed E-state index contributed by atoms with van der Waals surface area (Å²) in [5.74, 6) is 0. The quantitative estimate of drug-likeness (QED) is 0.126. The van der Waals surface area contributed by atoms with Gasteiger partial charge in [0, 0.05) is 0 Å². The van der Waals surface area contributed by atoms with Gasteiger partial charge in [0.05, 0.1) is 0 Å². The Morgan fingerprint density at radius 3 is 1.60 bits per heavy atom. The van der Waals surface area contributed by atoms with Crippen molar-refractivity contribution in [3.63, 3.8) is 0 Å². The summed E-state index contributed by atoms with van der Waals surface area (Å²) in [5, 5.41) is 13.0. The molecule has 40 heavy (non-hydrogen) atoms. The Balaban J connectivity index is 1.17. The molecule has 0 atom stereocenters. The van der Waals surface area contributed by atoms with E-state index in [0.29, 0.717) is 0 Å². The molecule has 8 aromatic carbocycles. The number of rotatable bonds is 4. The first kappa shape index (κ1) is 22.8. The van der Waals surface area contributed by atoms with Gasteiger partial charge in [-0.1, -0.05) is 146 Å². The minimum Gasteiger partial charge on any atom is -0.0616 e. The number of hydrogen-bond acceptors (Lipinski definition) is 0. The lowest BCUT2D eigenvalue weighted by Gasteiger charge is -2.12. The molecule has 0 nitrogen and oxygen atoms in total. The number of benzene rings is 8. The van der Waals surface area contributed by atoms with Crippen LogP contribution in [-0.2, 0) is 0 Å². The summed E-state index contributed by atoms with van der Waals surface area (Å²) in [6.45, 7) is 0. The topological polar surface area (TPSA) is 0 Å². The van der Waals surface area contributed by atoms with Gasteiger partial charge in [-0.25, -0.2) is 0 Å². The Morgan fingerprint density at radius 2 is 0.875 bits per heavy atom. The van der Waals surface area contributed by atoms with Crippen LogP contribution in [0.1, 0.15) is 22.3 Å². The lowest BCUT2D eigenvalue weighted by atomic mass is 9.92. The molecule has 186 valence electrons. The van der Waals surface area contributed by atoms with Crippen molar-refractivity contribution in [1.82, 2.24) is 0 Å². The molecule has 0 aliphatic rings. The molecule has 0 radical (unpaired) electrons. The highest BCUT2D eigenvalue weighted by molar-refractivity contribution is 6.24. The van der Waals surface area contributed by atoms with Gasteiger partial charge < -0.3 is 0 Å². The maximum Gasteiger partial charge on any atom is -0.00208 e. The second kappa shape index (κ2) is 9.22. The van der Waals surface area contributed by atoms with E-state index in [4.69, 9.17) is 0 Å². The SMILES string of the molecule is C(=C\c1c2ccccc2cc2ccccc12)/c1cccc(/C=C/c2ccc3ccc4cccc5ccc2c3c45)c1. The zero-order valence-electron chi connectivity index (χ0n) is 22.0. The first-order valence-corrected chi connectivity index (χ1v) is 13.9. The minimum atomic E-state index is 1.19. The van der Waals surface area contributed by atoms with E-state index in [1.54, 1.807) is 0 Å². The smallest absolute Gasteiger partial charge is 0.00208 e. The summed E-state index contributed by atoms with van der Waals surface area (Å²) in [6, 6.07) is 48.4. The lowest BCUT2D eigenvalue weighted by molar-refractivity contribution is 1.62. The van der Waals surface area contributed by atoms with Crippen LogP contribution in [0.5, 0.6) is 0 Å². The van der Waals surface area contributed by atoms with E-state index in [1.165, 1.54) is 76.1 Å². The lowest BCUT2D eigenvalue weighted by Crippen LogP contribution is -1.86. The van der Waals surface area contributed by atoms with Crippen LogP contribution in [0.25, 0.3) is 78.2 Å². The molecule has 0 amide bonds. The van der Waals surface area contributed by atoms with Gasteiger partial charge in [0.15, 0.2) is 0 Å². The van der Waals surface area contributed by atoms with Gasteiger partial charge in [0.1, 0.15) is 0 Å². The molecule has 0 heterocycles. The van der Waals surface area contributed by atoms with Crippen LogP contribution in [0.3, 0.4) is 0 Å². The highest BCUT2D eigenvalue weighted by atomic mass is 14.1. The molecule has 0 fully saturated rings. The van der Waals surface area contributed by atoms with Gasteiger partial charge in [0.25, 0.3) is 0 Å². The molecule has 0 saturated carbocycles. The zero-order chi connectivity index (χ0) is 26.5. The van der Waals surface area contributed by atoms with Crippen LogP contribution in [0.2, 0.25) is 0 Å². The molecule has 0 unspecified atom stereocenters. The van der Waals surface area contributed by atoms with Crippen LogP contribution >= 0.6 is 0 Å². The van der Waals surface area contributed by atoms with Crippen molar-refractivity contribution in [2.24, 2.45) is 0 Å². The van der Waals surface area contributed by atoms with Crippen LogP contribution in [0.4, 0.5) is 0 Å². The second-order valence-electron chi connectivity index (χ2n) is 10.6. The summed E-state index contributed by atoms with van der Waals surface area (Å²) in [7, 11) is 0. The Morgan fingerprint density at radius 1 is 0.325 bits per heavy atom. The standard InChI is InChI=1S/C40H26/c1-3-13-35-33(9-1)26-34-10-2-4-14-36(34)38(35)23-16-28-8-5-7-27(25-28)15-17-29-18-19-32-21-20-30-11-6-12-31-22-24-37(29)40(32)39(30)31/h1-26H/b17-15+,23-16+. The van der Waals surface area contributed by atoms with Crippen molar-refractivity contribution in [3.8, 4) is 0 Å². The normalized spacial score (nSPS) is 12.3. The summed E-state index contributed by atoms with van der Waals surface area (Å²) < 4.78 is 0. The van der Waals surface area contributed by atoms with Gasteiger partial charge in [0.2, 0.25) is 0 Å². The highest BCUT2D eigenvalue weighted by Gasteiger charge is 2.09. The molecule has 8 rings (SSSR count). The van der Waals surface area contributed by atoms with Crippen molar-refractivity contribution >= 4 is 78.2 Å². The Labute approximate surface area is 233 Å². The van der Waals surface area contributed by atoms with Crippen LogP contribution < -0.4 is 0 Å². The molecule has 0 heteroatoms. The molecular weight excluding hydrogens is 480 g/mol. The van der Waals surface area contributed by atoms with Crippen molar-refractivity contribution in [3.05, 3.63) is 156 Å². The van der Waals surface area contributed by atoms with Crippen molar-refractivity contribution in [2.45, 2.75) is 0 Å². The van der Waals surface area contributed by atoms with Crippen molar-refractivity contribution in [2.75, 3.05) is 0 Å². The molecule has 8 aromatic rings. The van der Waals surface area contributed by atoms with Crippen molar-refractivity contribution in [1.29, 1.82) is 0 Å². The molecular formula is C40H26. The van der Waals surface area contributed by atoms with E-state index in [9.17, 15) is 0 Å². The average Bonchev–Trinajstić information content (AvgIpc) is 3.01. The van der Waals surface area contributed by atoms with E-state index in [2.05, 4.69) is 158 Å². The predicted molar refractivity (Wildman–Crippen MR) is 176 cm³/mol. The zero-order valence-corrected chi connectivity index (χ0v) is 22.0. The fraction of sp³-hybridized carbons (Fsp3) is 0. The third kappa shape index (κ3) is 3.77. The number of hydrogen-bond donors (Lipinski definition) is 0. The van der Waals surface area contributed by atoms with E-state index in [0.717, 1.165) is 0 Å². The maximum atomic E-state index is 2.28. The van der Waals surface area contributed by atoms with Crippen LogP contribution in [0, 0.1) is 0 Å². The van der Waals surface area contributed by atoms with E-state index >= 15 is 0 Å². The van der Waals surface area contributed by atoms with E-state index in [1.807, 2.05) is 0 Å². The molecule has 0 bridgehead atoms. The monoisotopic (exact) mass is 506 g/mol. The number of fused-ring (bicyclic) bond motifs is 2. The molecule has 0 aromatic heterocycles. The van der Waals surface area contributed by atoms with Crippen LogP contribution in [-0.4, -0.2) is 0 Å². The van der Waals surface area contributed by atoms with Gasteiger partial charge in [-0.15, -0.1) is 0 Å². The predicted octanol–water partition coefficient (Wildman–Crippen LogP) is 11.2. The summed E-state index contributed by atoms with van der Waals surface area (Å²) in [5.41, 5.74) is 4.89. The maximum absolute atomic E-state index is 2.28. The summed E-state index contributed by atoms with van der Waals surface area (Å²) in [4.78, 5) is 0. The van der Waals surface area contributed by atoms with Gasteiger partial charge >= 0.3 is 0 Å². The van der Waals surface area contributed by atoms with Gasteiger partial charge in [-0.3, -0.25) is 0 Å². The van der Waals surface area contributed by atoms with Crippen LogP contribution in [0.15, 0.2) is 133 Å². The Kier molecular flexibility index (Phi) is 5.24. The van der Waals surface area contributed by atoms with E-state index < -0.39 is 0 Å². The minimum absolute atomic E-state index is 1.19. The Bertz CT molecular complexity index is 2190. The first-order valence-electron chi connectivity index (χ1n) is 13.9. The summed E-state index contributed by atoms with van der Waals surface area (Å²) in [6.07, 6.45) is 9.00. The Hall–Kier alpha value is -5.20. The first-order chi connectivity index (χ1) is 19.8. The van der Waals surface area contributed by atoms with Gasteiger partial charge in [-0.05, 0) is 88.2 Å². The fourth-order valence-electron chi connectivity index (χ4n) is 6.26. The molecule has 0 aliphatic carbocycles. The van der Waals surface area contributed by atoms with Gasteiger partial charge in [-0.2, -0.15) is 0 Å². The third-order valence-corrected chi connectivity index (χ3v) is 8.18. The third-order valence-electron chi connectivity index (χ3n) is 8.18. The summed E-state index contributed by atoms with van der Waals surface area (Å²) >= 11 is 0. The average molecular weight is 507 g/mol. The molecule has 0 aliphatic heterocycles. The highest BCUT2D eigenvalue weighted by Crippen LogP contribution is 2.36. The van der Waals surface area contributed by atoms with Crippen molar-refractivity contribution < 1.29 is 0 Å².